The first-order chi connectivity index (χ1) is 31.5. The van der Waals surface area contributed by atoms with Crippen molar-refractivity contribution >= 4 is 17.9 Å². The molecule has 0 aromatic heterocycles. The van der Waals surface area contributed by atoms with Gasteiger partial charge in [-0.25, -0.2) is 0 Å². The molecule has 0 aliphatic heterocycles. The van der Waals surface area contributed by atoms with Crippen molar-refractivity contribution in [1.82, 2.24) is 0 Å². The molecule has 0 amide bonds. The largest absolute Gasteiger partial charge is 0.462 e. The first kappa shape index (κ1) is 61.9. The molecule has 376 valence electrons. The van der Waals surface area contributed by atoms with Crippen molar-refractivity contribution in [1.29, 1.82) is 0 Å². The number of hydrogen-bond donors (Lipinski definition) is 0. The van der Waals surface area contributed by atoms with Crippen molar-refractivity contribution in [3.8, 4) is 0 Å². The van der Waals surface area contributed by atoms with Crippen LogP contribution in [-0.2, 0) is 28.6 Å². The molecule has 0 aliphatic rings. The van der Waals surface area contributed by atoms with Crippen molar-refractivity contribution < 1.29 is 28.6 Å². The molecule has 0 rings (SSSR count). The Bertz CT molecular complexity index is 1040. The molecule has 1 atom stereocenters. The maximum absolute atomic E-state index is 12.8. The second-order valence-corrected chi connectivity index (χ2v) is 19.2. The molecule has 0 saturated carbocycles. The Morgan fingerprint density at radius 2 is 0.516 bits per heavy atom. The van der Waals surface area contributed by atoms with Gasteiger partial charge in [-0.05, 0) is 70.6 Å². The molecule has 6 nitrogen and oxygen atoms in total. The number of carbonyl (C=O) groups excluding carboxylic acids is 3. The van der Waals surface area contributed by atoms with Gasteiger partial charge < -0.3 is 14.2 Å². The third kappa shape index (κ3) is 50.9. The summed E-state index contributed by atoms with van der Waals surface area (Å²) in [6.45, 7) is 6.65. The van der Waals surface area contributed by atoms with Crippen LogP contribution in [0, 0.1) is 0 Å². The Labute approximate surface area is 398 Å². The van der Waals surface area contributed by atoms with Crippen LogP contribution < -0.4 is 0 Å². The Balaban J connectivity index is 4.26. The minimum atomic E-state index is -0.771. The molecule has 0 aromatic carbocycles. The van der Waals surface area contributed by atoms with Gasteiger partial charge in [0.15, 0.2) is 6.10 Å². The van der Waals surface area contributed by atoms with Gasteiger partial charge in [0, 0.05) is 19.3 Å². The molecule has 0 heterocycles. The van der Waals surface area contributed by atoms with Crippen LogP contribution in [0.2, 0.25) is 0 Å². The quantitative estimate of drug-likeness (QED) is 0.0262. The van der Waals surface area contributed by atoms with E-state index in [9.17, 15) is 14.4 Å². The SMILES string of the molecule is CCCCCC/C=C\CCCCCCCC(=O)O[C@@H](COC(=O)CCCCCCCCCCCCCC)COC(=O)CCCCCCCCCCCCC/C=C\CCCCCCCC. The highest BCUT2D eigenvalue weighted by atomic mass is 16.6. The third-order valence-electron chi connectivity index (χ3n) is 12.7. The summed E-state index contributed by atoms with van der Waals surface area (Å²) in [6.07, 6.45) is 61.7. The lowest BCUT2D eigenvalue weighted by Crippen LogP contribution is -2.30. The molecule has 0 unspecified atom stereocenters. The summed E-state index contributed by atoms with van der Waals surface area (Å²) >= 11 is 0. The van der Waals surface area contributed by atoms with Gasteiger partial charge in [0.05, 0.1) is 0 Å². The number of unbranched alkanes of at least 4 members (excludes halogenated alkanes) is 37. The molecule has 0 aliphatic carbocycles. The summed E-state index contributed by atoms with van der Waals surface area (Å²) in [7, 11) is 0. The van der Waals surface area contributed by atoms with Gasteiger partial charge >= 0.3 is 17.9 Å². The maximum atomic E-state index is 12.8. The Morgan fingerprint density at radius 3 is 0.797 bits per heavy atom. The Kier molecular flexibility index (Phi) is 51.7. The molecular formula is C58H108O6. The third-order valence-corrected chi connectivity index (χ3v) is 12.7. The number of allylic oxidation sites excluding steroid dienone is 4. The summed E-state index contributed by atoms with van der Waals surface area (Å²) in [5.41, 5.74) is 0. The fourth-order valence-electron chi connectivity index (χ4n) is 8.37. The zero-order valence-corrected chi connectivity index (χ0v) is 43.1. The molecule has 0 fully saturated rings. The number of rotatable bonds is 52. The molecule has 0 saturated heterocycles. The number of hydrogen-bond acceptors (Lipinski definition) is 6. The molecule has 0 N–H and O–H groups in total. The van der Waals surface area contributed by atoms with E-state index < -0.39 is 6.10 Å². The van der Waals surface area contributed by atoms with Crippen molar-refractivity contribution in [2.45, 2.75) is 316 Å². The van der Waals surface area contributed by atoms with E-state index in [0.717, 1.165) is 64.2 Å². The molecule has 0 bridgehead atoms. The van der Waals surface area contributed by atoms with Gasteiger partial charge in [0.25, 0.3) is 0 Å². The highest BCUT2D eigenvalue weighted by Gasteiger charge is 2.19. The van der Waals surface area contributed by atoms with E-state index in [0.29, 0.717) is 19.3 Å². The maximum Gasteiger partial charge on any atom is 0.306 e. The number of ether oxygens (including phenoxy) is 3. The average molecular weight is 901 g/mol. The van der Waals surface area contributed by atoms with Crippen LogP contribution in [0.1, 0.15) is 310 Å². The van der Waals surface area contributed by atoms with Gasteiger partial charge in [0.2, 0.25) is 0 Å². The van der Waals surface area contributed by atoms with Crippen LogP contribution in [0.15, 0.2) is 24.3 Å². The van der Waals surface area contributed by atoms with Crippen molar-refractivity contribution in [3.63, 3.8) is 0 Å². The lowest BCUT2D eigenvalue weighted by Gasteiger charge is -2.18. The average Bonchev–Trinajstić information content (AvgIpc) is 3.29. The van der Waals surface area contributed by atoms with Crippen molar-refractivity contribution in [2.24, 2.45) is 0 Å². The Hall–Kier alpha value is -2.11. The van der Waals surface area contributed by atoms with E-state index in [-0.39, 0.29) is 31.1 Å². The Morgan fingerprint density at radius 1 is 0.297 bits per heavy atom. The van der Waals surface area contributed by atoms with E-state index in [1.807, 2.05) is 0 Å². The van der Waals surface area contributed by atoms with Gasteiger partial charge in [-0.3, -0.25) is 14.4 Å². The highest BCUT2D eigenvalue weighted by molar-refractivity contribution is 5.71. The first-order valence-electron chi connectivity index (χ1n) is 28.3. The monoisotopic (exact) mass is 901 g/mol. The first-order valence-corrected chi connectivity index (χ1v) is 28.3. The van der Waals surface area contributed by atoms with E-state index in [4.69, 9.17) is 14.2 Å². The van der Waals surface area contributed by atoms with Gasteiger partial charge in [0.1, 0.15) is 13.2 Å². The van der Waals surface area contributed by atoms with Crippen molar-refractivity contribution in [3.05, 3.63) is 24.3 Å². The highest BCUT2D eigenvalue weighted by Crippen LogP contribution is 2.16. The van der Waals surface area contributed by atoms with Crippen LogP contribution in [0.4, 0.5) is 0 Å². The van der Waals surface area contributed by atoms with E-state index >= 15 is 0 Å². The van der Waals surface area contributed by atoms with Crippen LogP contribution in [0.5, 0.6) is 0 Å². The fraction of sp³-hybridized carbons (Fsp3) is 0.879. The summed E-state index contributed by atoms with van der Waals surface area (Å²) < 4.78 is 16.8. The topological polar surface area (TPSA) is 78.9 Å². The number of carbonyl (C=O) groups is 3. The van der Waals surface area contributed by atoms with Gasteiger partial charge in [-0.15, -0.1) is 0 Å². The molecule has 0 aromatic rings. The molecule has 0 spiro atoms. The predicted molar refractivity (Wildman–Crippen MR) is 275 cm³/mol. The minimum Gasteiger partial charge on any atom is -0.462 e. The molecule has 6 heteroatoms. The van der Waals surface area contributed by atoms with E-state index in [1.165, 1.54) is 205 Å². The van der Waals surface area contributed by atoms with Crippen molar-refractivity contribution in [2.75, 3.05) is 13.2 Å². The fourth-order valence-corrected chi connectivity index (χ4v) is 8.37. The zero-order chi connectivity index (χ0) is 46.5. The second kappa shape index (κ2) is 53.5. The lowest BCUT2D eigenvalue weighted by atomic mass is 10.0. The summed E-state index contributed by atoms with van der Waals surface area (Å²) in [5.74, 6) is -0.864. The standard InChI is InChI=1S/C58H108O6/c1-4-7-10-13-16-19-22-25-26-27-28-29-30-31-32-34-36-39-42-45-48-51-57(60)63-54-55(53-62-56(59)50-47-44-41-38-35-24-21-18-15-12-9-6-3)64-58(61)52-49-46-43-40-37-33-23-20-17-14-11-8-5-2/h20,23,25-26,55H,4-19,21-22,24,27-54H2,1-3H3/b23-20-,26-25-/t55-/m0/s1. The lowest BCUT2D eigenvalue weighted by molar-refractivity contribution is -0.167. The predicted octanol–water partition coefficient (Wildman–Crippen LogP) is 18.7. The van der Waals surface area contributed by atoms with E-state index in [2.05, 4.69) is 45.1 Å². The summed E-state index contributed by atoms with van der Waals surface area (Å²) in [6, 6.07) is 0. The molecule has 0 radical (unpaired) electrons. The van der Waals surface area contributed by atoms with Crippen LogP contribution in [0.3, 0.4) is 0 Å². The van der Waals surface area contributed by atoms with E-state index in [1.54, 1.807) is 0 Å². The normalized spacial score (nSPS) is 12.1. The molecular weight excluding hydrogens is 793 g/mol. The van der Waals surface area contributed by atoms with Crippen LogP contribution in [-0.4, -0.2) is 37.2 Å². The van der Waals surface area contributed by atoms with Crippen LogP contribution in [0.25, 0.3) is 0 Å². The van der Waals surface area contributed by atoms with Gasteiger partial charge in [-0.1, -0.05) is 244 Å². The smallest absolute Gasteiger partial charge is 0.306 e. The molecule has 64 heavy (non-hydrogen) atoms. The zero-order valence-electron chi connectivity index (χ0n) is 43.1. The number of esters is 3. The summed E-state index contributed by atoms with van der Waals surface area (Å²) in [4.78, 5) is 38.0. The van der Waals surface area contributed by atoms with Crippen LogP contribution >= 0.6 is 0 Å². The minimum absolute atomic E-state index is 0.0705. The van der Waals surface area contributed by atoms with Gasteiger partial charge in [-0.2, -0.15) is 0 Å². The second-order valence-electron chi connectivity index (χ2n) is 19.2. The summed E-state index contributed by atoms with van der Waals surface area (Å²) in [5, 5.41) is 0.